The molecule has 2 aromatic carbocycles. The van der Waals surface area contributed by atoms with E-state index >= 15 is 0 Å². The molecule has 0 amide bonds. The summed E-state index contributed by atoms with van der Waals surface area (Å²) in [5, 5.41) is 0.633. The van der Waals surface area contributed by atoms with Crippen LogP contribution in [0.15, 0.2) is 30.3 Å². The van der Waals surface area contributed by atoms with Crippen LogP contribution in [-0.2, 0) is 0 Å². The number of hydrogen-bond donors (Lipinski definition) is 2. The van der Waals surface area contributed by atoms with Crippen LogP contribution in [0.3, 0.4) is 0 Å². The summed E-state index contributed by atoms with van der Waals surface area (Å²) in [6.07, 6.45) is 0. The Bertz CT molecular complexity index is 623. The zero-order chi connectivity index (χ0) is 14.9. The van der Waals surface area contributed by atoms with Gasteiger partial charge in [0.2, 0.25) is 0 Å². The van der Waals surface area contributed by atoms with E-state index < -0.39 is 6.04 Å². The second-order valence-corrected chi connectivity index (χ2v) is 6.32. The number of nitrogens with two attached hydrogens (primary N) is 1. The second-order valence-electron chi connectivity index (χ2n) is 4.75. The monoisotopic (exact) mass is 404 g/mol. The lowest BCUT2D eigenvalue weighted by atomic mass is 9.93. The Labute approximate surface area is 136 Å². The zero-order valence-electron chi connectivity index (χ0n) is 11.2. The summed E-state index contributed by atoms with van der Waals surface area (Å²) < 4.78 is 15.2. The van der Waals surface area contributed by atoms with Crippen molar-refractivity contribution in [2.75, 3.05) is 0 Å². The summed E-state index contributed by atoms with van der Waals surface area (Å²) >= 11 is 8.29. The Hall–Kier alpha value is -0.690. The summed E-state index contributed by atoms with van der Waals surface area (Å²) in [5.74, 6) is 5.38. The van der Waals surface area contributed by atoms with Crippen LogP contribution < -0.4 is 11.3 Å². The van der Waals surface area contributed by atoms with Gasteiger partial charge in [0.25, 0.3) is 0 Å². The Kier molecular flexibility index (Phi) is 5.01. The molecule has 0 aliphatic carbocycles. The van der Waals surface area contributed by atoms with E-state index in [1.54, 1.807) is 0 Å². The fourth-order valence-corrected chi connectivity index (χ4v) is 2.86. The molecule has 2 aromatic rings. The molecule has 1 unspecified atom stereocenters. The lowest BCUT2D eigenvalue weighted by Crippen LogP contribution is -2.30. The van der Waals surface area contributed by atoms with E-state index in [1.807, 2.05) is 38.1 Å². The molecule has 2 nitrogen and oxygen atoms in total. The predicted molar refractivity (Wildman–Crippen MR) is 89.2 cm³/mol. The lowest BCUT2D eigenvalue weighted by molar-refractivity contribution is 0.556. The van der Waals surface area contributed by atoms with Crippen molar-refractivity contribution in [1.82, 2.24) is 5.43 Å². The molecule has 0 saturated carbocycles. The summed E-state index contributed by atoms with van der Waals surface area (Å²) in [6.45, 7) is 3.75. The molecule has 2 rings (SSSR count). The molecule has 20 heavy (non-hydrogen) atoms. The van der Waals surface area contributed by atoms with Gasteiger partial charge in [-0.15, -0.1) is 0 Å². The summed E-state index contributed by atoms with van der Waals surface area (Å²) in [4.78, 5) is 0. The largest absolute Gasteiger partial charge is 0.271 e. The molecule has 0 fully saturated rings. The molecule has 0 saturated heterocycles. The maximum Gasteiger partial charge on any atom is 0.128 e. The van der Waals surface area contributed by atoms with E-state index in [-0.39, 0.29) is 5.82 Å². The van der Waals surface area contributed by atoms with Gasteiger partial charge >= 0.3 is 0 Å². The number of halogens is 3. The highest BCUT2D eigenvalue weighted by Gasteiger charge is 2.20. The van der Waals surface area contributed by atoms with Gasteiger partial charge in [0.1, 0.15) is 5.82 Å². The standard InChI is InChI=1S/C15H15ClFIN2/c1-8-5-9(2)14(12(17)6-8)15(20-19)10-3-4-13(18)11(16)7-10/h3-7,15,20H,19H2,1-2H3. The Morgan fingerprint density at radius 3 is 2.50 bits per heavy atom. The van der Waals surface area contributed by atoms with E-state index in [2.05, 4.69) is 28.0 Å². The third-order valence-corrected chi connectivity index (χ3v) is 4.79. The van der Waals surface area contributed by atoms with Crippen LogP contribution >= 0.6 is 34.2 Å². The fourth-order valence-electron chi connectivity index (χ4n) is 2.33. The van der Waals surface area contributed by atoms with Crippen LogP contribution in [0.2, 0.25) is 5.02 Å². The molecule has 0 aromatic heterocycles. The number of benzene rings is 2. The average molecular weight is 405 g/mol. The average Bonchev–Trinajstić information content (AvgIpc) is 2.37. The van der Waals surface area contributed by atoms with Crippen molar-refractivity contribution in [3.63, 3.8) is 0 Å². The Balaban J connectivity index is 2.55. The minimum absolute atomic E-state index is 0.264. The molecular weight excluding hydrogens is 390 g/mol. The van der Waals surface area contributed by atoms with Gasteiger partial charge in [-0.25, -0.2) is 9.82 Å². The van der Waals surface area contributed by atoms with Crippen LogP contribution in [0.1, 0.15) is 28.3 Å². The first kappa shape index (κ1) is 15.7. The van der Waals surface area contributed by atoms with Crippen LogP contribution in [-0.4, -0.2) is 0 Å². The molecular formula is C15H15ClFIN2. The third kappa shape index (κ3) is 3.14. The number of nitrogens with one attached hydrogen (secondary N) is 1. The van der Waals surface area contributed by atoms with Gasteiger partial charge in [0, 0.05) is 9.13 Å². The highest BCUT2D eigenvalue weighted by molar-refractivity contribution is 14.1. The van der Waals surface area contributed by atoms with Crippen molar-refractivity contribution in [2.45, 2.75) is 19.9 Å². The van der Waals surface area contributed by atoms with Gasteiger partial charge in [-0.2, -0.15) is 0 Å². The van der Waals surface area contributed by atoms with E-state index in [0.29, 0.717) is 10.6 Å². The summed E-state index contributed by atoms with van der Waals surface area (Å²) in [5.41, 5.74) is 5.82. The summed E-state index contributed by atoms with van der Waals surface area (Å²) in [7, 11) is 0. The van der Waals surface area contributed by atoms with Crippen LogP contribution in [0.4, 0.5) is 4.39 Å². The highest BCUT2D eigenvalue weighted by Crippen LogP contribution is 2.30. The third-order valence-electron chi connectivity index (χ3n) is 3.21. The molecule has 0 radical (unpaired) electrons. The lowest BCUT2D eigenvalue weighted by Gasteiger charge is -2.20. The highest BCUT2D eigenvalue weighted by atomic mass is 127. The SMILES string of the molecule is Cc1cc(C)c(C(NN)c2ccc(I)c(Cl)c2)c(F)c1. The molecule has 106 valence electrons. The first-order valence-corrected chi connectivity index (χ1v) is 7.57. The van der Waals surface area contributed by atoms with E-state index in [1.165, 1.54) is 6.07 Å². The molecule has 0 heterocycles. The first-order valence-electron chi connectivity index (χ1n) is 6.11. The summed E-state index contributed by atoms with van der Waals surface area (Å²) in [6, 6.07) is 8.64. The Morgan fingerprint density at radius 2 is 1.95 bits per heavy atom. The van der Waals surface area contributed by atoms with Crippen molar-refractivity contribution in [2.24, 2.45) is 5.84 Å². The normalized spacial score (nSPS) is 12.5. The topological polar surface area (TPSA) is 38.0 Å². The van der Waals surface area contributed by atoms with Gasteiger partial charge in [-0.05, 0) is 71.3 Å². The molecule has 1 atom stereocenters. The van der Waals surface area contributed by atoms with E-state index in [0.717, 1.165) is 20.3 Å². The van der Waals surface area contributed by atoms with Crippen LogP contribution in [0.25, 0.3) is 0 Å². The number of rotatable bonds is 3. The van der Waals surface area contributed by atoms with Crippen molar-refractivity contribution in [1.29, 1.82) is 0 Å². The van der Waals surface area contributed by atoms with Gasteiger partial charge in [0.05, 0.1) is 11.1 Å². The molecule has 3 N–H and O–H groups in total. The quantitative estimate of drug-likeness (QED) is 0.456. The van der Waals surface area contributed by atoms with Crippen molar-refractivity contribution in [3.8, 4) is 0 Å². The molecule has 0 aliphatic heterocycles. The molecule has 0 spiro atoms. The maximum atomic E-state index is 14.3. The zero-order valence-corrected chi connectivity index (χ0v) is 14.1. The van der Waals surface area contributed by atoms with Crippen molar-refractivity contribution >= 4 is 34.2 Å². The predicted octanol–water partition coefficient (Wildman–Crippen LogP) is 4.25. The maximum absolute atomic E-state index is 14.3. The molecule has 0 aliphatic rings. The van der Waals surface area contributed by atoms with Gasteiger partial charge < -0.3 is 0 Å². The van der Waals surface area contributed by atoms with Gasteiger partial charge in [0.15, 0.2) is 0 Å². The molecule has 0 bridgehead atoms. The van der Waals surface area contributed by atoms with Crippen molar-refractivity contribution < 1.29 is 4.39 Å². The van der Waals surface area contributed by atoms with E-state index in [4.69, 9.17) is 17.4 Å². The number of aryl methyl sites for hydroxylation is 2. The van der Waals surface area contributed by atoms with E-state index in [9.17, 15) is 4.39 Å². The van der Waals surface area contributed by atoms with Crippen LogP contribution in [0.5, 0.6) is 0 Å². The smallest absolute Gasteiger partial charge is 0.128 e. The number of hydrazine groups is 1. The van der Waals surface area contributed by atoms with Gasteiger partial charge in [-0.3, -0.25) is 5.84 Å². The van der Waals surface area contributed by atoms with Crippen LogP contribution in [0, 0.1) is 23.2 Å². The Morgan fingerprint density at radius 1 is 1.25 bits per heavy atom. The molecule has 5 heteroatoms. The first-order chi connectivity index (χ1) is 9.43. The fraction of sp³-hybridized carbons (Fsp3) is 0.200. The van der Waals surface area contributed by atoms with Crippen molar-refractivity contribution in [3.05, 3.63) is 67.0 Å². The van der Waals surface area contributed by atoms with Gasteiger partial charge in [-0.1, -0.05) is 23.7 Å². The minimum Gasteiger partial charge on any atom is -0.271 e. The number of hydrogen-bond acceptors (Lipinski definition) is 2. The minimum atomic E-state index is -0.426. The second kappa shape index (κ2) is 6.39.